The van der Waals surface area contributed by atoms with Crippen molar-refractivity contribution in [2.75, 3.05) is 14.2 Å². The summed E-state index contributed by atoms with van der Waals surface area (Å²) in [6.07, 6.45) is 1.67. The molecule has 0 saturated carbocycles. The fourth-order valence-electron chi connectivity index (χ4n) is 2.34. The average molecular weight is 360 g/mol. The molecule has 0 saturated heterocycles. The number of hydrogen-bond acceptors (Lipinski definition) is 6. The van der Waals surface area contributed by atoms with Gasteiger partial charge in [0.25, 0.3) is 5.56 Å². The molecule has 0 aliphatic heterocycles. The number of nitrogens with zero attached hydrogens (tertiary/aromatic N) is 1. The standard InChI is InChI=1S/C17H20N4O5/c1-10-13(16(23)20-17(24)19-10)5-7-15(22)21-18-9-11-8-12(25-2)4-6-14(11)26-3/h4,6,8-9H,5,7H2,1-3H3,(H,21,22)(H2,19,20,23,24)/b18-9+. The van der Waals surface area contributed by atoms with Crippen LogP contribution in [0.3, 0.4) is 0 Å². The number of hydrazone groups is 1. The predicted octanol–water partition coefficient (Wildman–Crippen LogP) is 0.472. The van der Waals surface area contributed by atoms with Crippen LogP contribution in [-0.4, -0.2) is 36.3 Å². The van der Waals surface area contributed by atoms with Crippen molar-refractivity contribution >= 4 is 12.1 Å². The van der Waals surface area contributed by atoms with Crippen LogP contribution in [0.25, 0.3) is 0 Å². The van der Waals surface area contributed by atoms with Crippen molar-refractivity contribution in [3.05, 3.63) is 55.9 Å². The van der Waals surface area contributed by atoms with E-state index in [1.165, 1.54) is 13.3 Å². The number of aryl methyl sites for hydroxylation is 1. The maximum absolute atomic E-state index is 11.9. The van der Waals surface area contributed by atoms with Gasteiger partial charge in [-0.15, -0.1) is 0 Å². The number of hydrogen-bond donors (Lipinski definition) is 3. The summed E-state index contributed by atoms with van der Waals surface area (Å²) in [7, 11) is 3.08. The molecule has 1 amide bonds. The highest BCUT2D eigenvalue weighted by Crippen LogP contribution is 2.22. The quantitative estimate of drug-likeness (QED) is 0.489. The van der Waals surface area contributed by atoms with Crippen LogP contribution in [0.5, 0.6) is 11.5 Å². The van der Waals surface area contributed by atoms with E-state index in [4.69, 9.17) is 9.47 Å². The number of amides is 1. The Morgan fingerprint density at radius 2 is 2.00 bits per heavy atom. The van der Waals surface area contributed by atoms with E-state index in [0.29, 0.717) is 28.3 Å². The predicted molar refractivity (Wildman–Crippen MR) is 96.0 cm³/mol. The molecule has 0 spiro atoms. The van der Waals surface area contributed by atoms with Crippen molar-refractivity contribution in [2.45, 2.75) is 19.8 Å². The first-order valence-corrected chi connectivity index (χ1v) is 7.80. The topological polar surface area (TPSA) is 126 Å². The van der Waals surface area contributed by atoms with Gasteiger partial charge in [-0.2, -0.15) is 5.10 Å². The third-order valence-electron chi connectivity index (χ3n) is 3.69. The first-order chi connectivity index (χ1) is 12.4. The van der Waals surface area contributed by atoms with Gasteiger partial charge in [0.1, 0.15) is 11.5 Å². The van der Waals surface area contributed by atoms with E-state index in [9.17, 15) is 14.4 Å². The Balaban J connectivity index is 1.98. The molecule has 1 aromatic heterocycles. The molecule has 26 heavy (non-hydrogen) atoms. The van der Waals surface area contributed by atoms with Crippen molar-refractivity contribution in [2.24, 2.45) is 5.10 Å². The molecule has 0 radical (unpaired) electrons. The van der Waals surface area contributed by atoms with Gasteiger partial charge in [0, 0.05) is 23.2 Å². The molecule has 0 bridgehead atoms. The molecule has 1 aromatic carbocycles. The lowest BCUT2D eigenvalue weighted by Crippen LogP contribution is -2.28. The van der Waals surface area contributed by atoms with Gasteiger partial charge in [0.05, 0.1) is 20.4 Å². The van der Waals surface area contributed by atoms with Crippen LogP contribution >= 0.6 is 0 Å². The lowest BCUT2D eigenvalue weighted by molar-refractivity contribution is -0.121. The third-order valence-corrected chi connectivity index (χ3v) is 3.69. The molecule has 0 fully saturated rings. The number of carbonyl (C=O) groups is 1. The summed E-state index contributed by atoms with van der Waals surface area (Å²) in [5.74, 6) is 0.846. The summed E-state index contributed by atoms with van der Waals surface area (Å²) in [4.78, 5) is 39.4. The molecule has 1 heterocycles. The molecule has 2 rings (SSSR count). The zero-order chi connectivity index (χ0) is 19.1. The smallest absolute Gasteiger partial charge is 0.325 e. The normalized spacial score (nSPS) is 10.7. The van der Waals surface area contributed by atoms with Crippen LogP contribution in [0.4, 0.5) is 0 Å². The van der Waals surface area contributed by atoms with E-state index in [-0.39, 0.29) is 18.7 Å². The molecule has 0 atom stereocenters. The minimum Gasteiger partial charge on any atom is -0.497 e. The second-order valence-electron chi connectivity index (χ2n) is 5.41. The number of H-pyrrole nitrogens is 2. The van der Waals surface area contributed by atoms with Gasteiger partial charge in [-0.05, 0) is 31.5 Å². The van der Waals surface area contributed by atoms with Gasteiger partial charge in [0.2, 0.25) is 5.91 Å². The van der Waals surface area contributed by atoms with Crippen molar-refractivity contribution < 1.29 is 14.3 Å². The van der Waals surface area contributed by atoms with Gasteiger partial charge < -0.3 is 14.5 Å². The van der Waals surface area contributed by atoms with Crippen LogP contribution in [0.1, 0.15) is 23.2 Å². The fourth-order valence-corrected chi connectivity index (χ4v) is 2.34. The number of nitrogens with one attached hydrogen (secondary N) is 3. The Hall–Kier alpha value is -3.36. The summed E-state index contributed by atoms with van der Waals surface area (Å²) in [6.45, 7) is 1.61. The largest absolute Gasteiger partial charge is 0.497 e. The first kappa shape index (κ1) is 19.0. The molecule has 138 valence electrons. The second kappa shape index (κ2) is 8.65. The molecule has 3 N–H and O–H groups in total. The van der Waals surface area contributed by atoms with Gasteiger partial charge in [0.15, 0.2) is 0 Å². The third kappa shape index (κ3) is 4.82. The number of carbonyl (C=O) groups excluding carboxylic acids is 1. The minimum atomic E-state index is -0.572. The van der Waals surface area contributed by atoms with E-state index in [1.54, 1.807) is 32.2 Å². The molecule has 9 nitrogen and oxygen atoms in total. The van der Waals surface area contributed by atoms with E-state index in [0.717, 1.165) is 0 Å². The van der Waals surface area contributed by atoms with Crippen LogP contribution in [0, 0.1) is 6.92 Å². The zero-order valence-electron chi connectivity index (χ0n) is 14.7. The van der Waals surface area contributed by atoms with Crippen molar-refractivity contribution in [3.63, 3.8) is 0 Å². The number of ether oxygens (including phenoxy) is 2. The maximum atomic E-state index is 11.9. The van der Waals surface area contributed by atoms with E-state index < -0.39 is 11.2 Å². The van der Waals surface area contributed by atoms with E-state index in [1.807, 2.05) is 0 Å². The SMILES string of the molecule is COc1ccc(OC)c(/C=N/NC(=O)CCc2c(C)[nH]c(=O)[nH]c2=O)c1. The van der Waals surface area contributed by atoms with Gasteiger partial charge in [-0.3, -0.25) is 14.6 Å². The molecule has 0 aliphatic carbocycles. The first-order valence-electron chi connectivity index (χ1n) is 7.80. The second-order valence-corrected chi connectivity index (χ2v) is 5.41. The Bertz CT molecular complexity index is 929. The summed E-state index contributed by atoms with van der Waals surface area (Å²) in [5, 5.41) is 3.89. The number of benzene rings is 1. The lowest BCUT2D eigenvalue weighted by Gasteiger charge is -2.07. The van der Waals surface area contributed by atoms with Crippen LogP contribution in [0.15, 0.2) is 32.9 Å². The molecular weight excluding hydrogens is 340 g/mol. The Morgan fingerprint density at radius 3 is 2.65 bits per heavy atom. The van der Waals surface area contributed by atoms with Gasteiger partial charge in [-0.1, -0.05) is 0 Å². The number of rotatable bonds is 7. The van der Waals surface area contributed by atoms with Crippen LogP contribution in [-0.2, 0) is 11.2 Å². The highest BCUT2D eigenvalue weighted by molar-refractivity contribution is 5.85. The monoisotopic (exact) mass is 360 g/mol. The van der Waals surface area contributed by atoms with Crippen molar-refractivity contribution in [1.29, 1.82) is 0 Å². The van der Waals surface area contributed by atoms with Crippen LogP contribution < -0.4 is 26.1 Å². The summed E-state index contributed by atoms with van der Waals surface area (Å²) in [5.41, 5.74) is 2.76. The van der Waals surface area contributed by atoms with E-state index in [2.05, 4.69) is 20.5 Å². The summed E-state index contributed by atoms with van der Waals surface area (Å²) >= 11 is 0. The van der Waals surface area contributed by atoms with Crippen molar-refractivity contribution in [3.8, 4) is 11.5 Å². The summed E-state index contributed by atoms with van der Waals surface area (Å²) < 4.78 is 10.4. The van der Waals surface area contributed by atoms with E-state index >= 15 is 0 Å². The Kier molecular flexibility index (Phi) is 6.31. The van der Waals surface area contributed by atoms with Crippen molar-refractivity contribution in [1.82, 2.24) is 15.4 Å². The van der Waals surface area contributed by atoms with Gasteiger partial charge >= 0.3 is 5.69 Å². The van der Waals surface area contributed by atoms with Gasteiger partial charge in [-0.25, -0.2) is 10.2 Å². The highest BCUT2D eigenvalue weighted by atomic mass is 16.5. The molecule has 0 unspecified atom stereocenters. The fraction of sp³-hybridized carbons (Fsp3) is 0.294. The summed E-state index contributed by atoms with van der Waals surface area (Å²) in [6, 6.07) is 5.20. The Labute approximate surface area is 149 Å². The zero-order valence-corrected chi connectivity index (χ0v) is 14.7. The minimum absolute atomic E-state index is 0.0442. The molecular formula is C17H20N4O5. The number of aromatic amines is 2. The molecule has 0 aliphatic rings. The lowest BCUT2D eigenvalue weighted by atomic mass is 10.1. The number of aromatic nitrogens is 2. The molecule has 9 heteroatoms. The number of methoxy groups -OCH3 is 2. The average Bonchev–Trinajstić information content (AvgIpc) is 2.60. The van der Waals surface area contributed by atoms with Crippen LogP contribution in [0.2, 0.25) is 0 Å². The molecule has 2 aromatic rings. The Morgan fingerprint density at radius 1 is 1.23 bits per heavy atom. The maximum Gasteiger partial charge on any atom is 0.325 e. The highest BCUT2D eigenvalue weighted by Gasteiger charge is 2.09.